The Bertz CT molecular complexity index is 494. The van der Waals surface area contributed by atoms with Gasteiger partial charge in [0.2, 0.25) is 0 Å². The van der Waals surface area contributed by atoms with Crippen LogP contribution in [0.5, 0.6) is 0 Å². The van der Waals surface area contributed by atoms with E-state index in [0.717, 1.165) is 0 Å². The van der Waals surface area contributed by atoms with Crippen molar-refractivity contribution in [1.82, 2.24) is 19.7 Å². The van der Waals surface area contributed by atoms with E-state index in [1.807, 2.05) is 0 Å². The van der Waals surface area contributed by atoms with Crippen LogP contribution in [0.4, 0.5) is 0 Å². The van der Waals surface area contributed by atoms with Crippen LogP contribution >= 0.6 is 11.6 Å². The SMILES string of the molecule is O=C(O)c1ccn(-c2cnc(Cl)cn2)n1. The molecule has 0 atom stereocenters. The van der Waals surface area contributed by atoms with Crippen molar-refractivity contribution in [2.75, 3.05) is 0 Å². The van der Waals surface area contributed by atoms with E-state index < -0.39 is 5.97 Å². The summed E-state index contributed by atoms with van der Waals surface area (Å²) in [4.78, 5) is 18.3. The summed E-state index contributed by atoms with van der Waals surface area (Å²) >= 11 is 5.56. The number of carboxylic acid groups (broad SMARTS) is 1. The number of rotatable bonds is 2. The quantitative estimate of drug-likeness (QED) is 0.824. The second kappa shape index (κ2) is 3.66. The lowest BCUT2D eigenvalue weighted by Crippen LogP contribution is -2.02. The molecular formula is C8H5ClN4O2. The van der Waals surface area contributed by atoms with Gasteiger partial charge in [0.25, 0.3) is 0 Å². The smallest absolute Gasteiger partial charge is 0.356 e. The van der Waals surface area contributed by atoms with Gasteiger partial charge in [0.1, 0.15) is 5.15 Å². The van der Waals surface area contributed by atoms with E-state index in [1.54, 1.807) is 0 Å². The first-order valence-electron chi connectivity index (χ1n) is 3.94. The molecule has 1 N–H and O–H groups in total. The molecule has 0 amide bonds. The summed E-state index contributed by atoms with van der Waals surface area (Å²) in [6.07, 6.45) is 4.25. The fourth-order valence-electron chi connectivity index (χ4n) is 0.989. The van der Waals surface area contributed by atoms with Gasteiger partial charge in [-0.3, -0.25) is 0 Å². The van der Waals surface area contributed by atoms with Gasteiger partial charge >= 0.3 is 5.97 Å². The van der Waals surface area contributed by atoms with Crippen LogP contribution in [0.25, 0.3) is 5.82 Å². The Morgan fingerprint density at radius 2 is 2.20 bits per heavy atom. The molecule has 0 aliphatic heterocycles. The van der Waals surface area contributed by atoms with Crippen molar-refractivity contribution in [2.24, 2.45) is 0 Å². The molecule has 0 saturated carbocycles. The Labute approximate surface area is 89.2 Å². The lowest BCUT2D eigenvalue weighted by molar-refractivity contribution is 0.0690. The molecule has 0 bridgehead atoms. The highest BCUT2D eigenvalue weighted by atomic mass is 35.5. The fourth-order valence-corrected chi connectivity index (χ4v) is 1.09. The molecule has 76 valence electrons. The maximum Gasteiger partial charge on any atom is 0.356 e. The highest BCUT2D eigenvalue weighted by Crippen LogP contribution is 2.06. The van der Waals surface area contributed by atoms with Crippen LogP contribution in [0.3, 0.4) is 0 Å². The van der Waals surface area contributed by atoms with Crippen LogP contribution in [0, 0.1) is 0 Å². The molecule has 0 aliphatic rings. The van der Waals surface area contributed by atoms with E-state index in [2.05, 4.69) is 15.1 Å². The molecule has 0 aromatic carbocycles. The van der Waals surface area contributed by atoms with Crippen molar-refractivity contribution in [1.29, 1.82) is 0 Å². The number of aromatic carboxylic acids is 1. The van der Waals surface area contributed by atoms with Gasteiger partial charge in [0.15, 0.2) is 11.5 Å². The molecule has 0 saturated heterocycles. The molecule has 0 spiro atoms. The second-order valence-electron chi connectivity index (χ2n) is 2.65. The monoisotopic (exact) mass is 224 g/mol. The Hall–Kier alpha value is -1.95. The zero-order chi connectivity index (χ0) is 10.8. The molecule has 0 unspecified atom stereocenters. The van der Waals surface area contributed by atoms with Crippen molar-refractivity contribution < 1.29 is 9.90 Å². The predicted molar refractivity (Wildman–Crippen MR) is 51.1 cm³/mol. The number of carbonyl (C=O) groups is 1. The van der Waals surface area contributed by atoms with Crippen LogP contribution < -0.4 is 0 Å². The first kappa shape index (κ1) is 9.60. The summed E-state index contributed by atoms with van der Waals surface area (Å²) in [6, 6.07) is 1.37. The third-order valence-electron chi connectivity index (χ3n) is 1.65. The van der Waals surface area contributed by atoms with E-state index in [9.17, 15) is 4.79 Å². The van der Waals surface area contributed by atoms with Crippen LogP contribution in [0.1, 0.15) is 10.5 Å². The van der Waals surface area contributed by atoms with Gasteiger partial charge < -0.3 is 5.11 Å². The Balaban J connectivity index is 2.37. The minimum Gasteiger partial charge on any atom is -0.476 e. The number of aromatic nitrogens is 4. The fraction of sp³-hybridized carbons (Fsp3) is 0. The Morgan fingerprint density at radius 3 is 2.73 bits per heavy atom. The average Bonchev–Trinajstić information content (AvgIpc) is 2.68. The number of halogens is 1. The minimum atomic E-state index is -1.09. The molecule has 0 fully saturated rings. The highest BCUT2D eigenvalue weighted by molar-refractivity contribution is 6.29. The molecule has 15 heavy (non-hydrogen) atoms. The minimum absolute atomic E-state index is 0.0493. The van der Waals surface area contributed by atoms with E-state index in [-0.39, 0.29) is 10.8 Å². The lowest BCUT2D eigenvalue weighted by Gasteiger charge is -1.97. The standard InChI is InChI=1S/C8H5ClN4O2/c9-6-3-11-7(4-10-6)13-2-1-5(12-13)8(14)15/h1-4H,(H,14,15). The third-order valence-corrected chi connectivity index (χ3v) is 1.84. The lowest BCUT2D eigenvalue weighted by atomic mass is 10.5. The summed E-state index contributed by atoms with van der Waals surface area (Å²) in [5, 5.41) is 12.7. The summed E-state index contributed by atoms with van der Waals surface area (Å²) in [7, 11) is 0. The van der Waals surface area contributed by atoms with Crippen molar-refractivity contribution in [3.8, 4) is 5.82 Å². The van der Waals surface area contributed by atoms with Gasteiger partial charge in [-0.05, 0) is 6.07 Å². The number of nitrogens with zero attached hydrogens (tertiary/aromatic N) is 4. The topological polar surface area (TPSA) is 80.9 Å². The van der Waals surface area contributed by atoms with Crippen molar-refractivity contribution in [3.05, 3.63) is 35.5 Å². The van der Waals surface area contributed by atoms with Crippen LogP contribution in [0.15, 0.2) is 24.7 Å². The van der Waals surface area contributed by atoms with Crippen LogP contribution in [-0.2, 0) is 0 Å². The Morgan fingerprint density at radius 1 is 1.40 bits per heavy atom. The first-order valence-corrected chi connectivity index (χ1v) is 4.31. The zero-order valence-electron chi connectivity index (χ0n) is 7.33. The normalized spacial score (nSPS) is 10.2. The molecule has 2 heterocycles. The second-order valence-corrected chi connectivity index (χ2v) is 3.04. The van der Waals surface area contributed by atoms with Gasteiger partial charge in [0.05, 0.1) is 12.4 Å². The molecule has 2 rings (SSSR count). The average molecular weight is 225 g/mol. The number of hydrogen-bond donors (Lipinski definition) is 1. The number of carboxylic acids is 1. The molecule has 0 radical (unpaired) electrons. The van der Waals surface area contributed by atoms with Gasteiger partial charge in [-0.25, -0.2) is 19.4 Å². The van der Waals surface area contributed by atoms with Crippen LogP contribution in [-0.4, -0.2) is 30.8 Å². The first-order chi connectivity index (χ1) is 7.16. The summed E-state index contributed by atoms with van der Waals surface area (Å²) < 4.78 is 1.31. The Kier molecular flexibility index (Phi) is 2.34. The maximum absolute atomic E-state index is 10.6. The van der Waals surface area contributed by atoms with Crippen molar-refractivity contribution in [3.63, 3.8) is 0 Å². The van der Waals surface area contributed by atoms with Crippen molar-refractivity contribution >= 4 is 17.6 Å². The van der Waals surface area contributed by atoms with E-state index in [1.165, 1.54) is 29.3 Å². The third kappa shape index (κ3) is 1.94. The molecule has 6 nitrogen and oxygen atoms in total. The highest BCUT2D eigenvalue weighted by Gasteiger charge is 2.08. The van der Waals surface area contributed by atoms with Gasteiger partial charge in [-0.2, -0.15) is 5.10 Å². The van der Waals surface area contributed by atoms with E-state index >= 15 is 0 Å². The van der Waals surface area contributed by atoms with Gasteiger partial charge in [0, 0.05) is 6.20 Å². The maximum atomic E-state index is 10.6. The van der Waals surface area contributed by atoms with E-state index in [4.69, 9.17) is 16.7 Å². The molecule has 2 aromatic heterocycles. The van der Waals surface area contributed by atoms with E-state index in [0.29, 0.717) is 5.82 Å². The molecule has 7 heteroatoms. The summed E-state index contributed by atoms with van der Waals surface area (Å²) in [6.45, 7) is 0. The summed E-state index contributed by atoms with van der Waals surface area (Å²) in [5.74, 6) is -0.678. The largest absolute Gasteiger partial charge is 0.476 e. The molecule has 0 aliphatic carbocycles. The summed E-state index contributed by atoms with van der Waals surface area (Å²) in [5.41, 5.74) is -0.0493. The van der Waals surface area contributed by atoms with Crippen LogP contribution in [0.2, 0.25) is 5.15 Å². The molecule has 2 aromatic rings. The predicted octanol–water partition coefficient (Wildman–Crippen LogP) is 1.01. The number of hydrogen-bond acceptors (Lipinski definition) is 4. The van der Waals surface area contributed by atoms with Gasteiger partial charge in [-0.1, -0.05) is 11.6 Å². The zero-order valence-corrected chi connectivity index (χ0v) is 8.09. The van der Waals surface area contributed by atoms with Gasteiger partial charge in [-0.15, -0.1) is 0 Å². The molecular weight excluding hydrogens is 220 g/mol. The van der Waals surface area contributed by atoms with Crippen molar-refractivity contribution in [2.45, 2.75) is 0 Å².